The van der Waals surface area contributed by atoms with Crippen molar-refractivity contribution in [2.45, 2.75) is 44.3 Å². The van der Waals surface area contributed by atoms with Crippen molar-refractivity contribution in [2.75, 3.05) is 14.2 Å². The highest BCUT2D eigenvalue weighted by atomic mass is 32.1. The van der Waals surface area contributed by atoms with Gasteiger partial charge in [0, 0.05) is 16.5 Å². The number of hydrogen-bond donors (Lipinski definition) is 2. The summed E-state index contributed by atoms with van der Waals surface area (Å²) in [5.74, 6) is 0.514. The number of carbonyl (C=O) groups excluding carboxylic acids is 2. The Labute approximate surface area is 209 Å². The molecular formula is C27H30N2O5S. The third-order valence-electron chi connectivity index (χ3n) is 6.27. The van der Waals surface area contributed by atoms with E-state index in [2.05, 4.69) is 5.32 Å². The lowest BCUT2D eigenvalue weighted by atomic mass is 10.0. The van der Waals surface area contributed by atoms with Crippen molar-refractivity contribution in [3.8, 4) is 17.2 Å². The second-order valence-corrected chi connectivity index (χ2v) is 9.60. The van der Waals surface area contributed by atoms with Gasteiger partial charge in [-0.25, -0.2) is 0 Å². The van der Waals surface area contributed by atoms with E-state index >= 15 is 0 Å². The fourth-order valence-corrected chi connectivity index (χ4v) is 5.17. The molecule has 1 atom stereocenters. The molecule has 2 N–H and O–H groups in total. The van der Waals surface area contributed by atoms with Crippen LogP contribution in [-0.2, 0) is 11.3 Å². The van der Waals surface area contributed by atoms with Crippen molar-refractivity contribution in [3.05, 3.63) is 76.0 Å². The average molecular weight is 495 g/mol. The monoisotopic (exact) mass is 494 g/mol. The molecule has 1 fully saturated rings. The first-order chi connectivity index (χ1) is 17.0. The summed E-state index contributed by atoms with van der Waals surface area (Å²) in [6, 6.07) is 14.5. The SMILES string of the molecule is COc1ccc(C(=O)N(Cc2cccs2)C(C(=O)NC2CCCC2)c2ccc(O)cc2)cc1OC. The molecule has 1 unspecified atom stereocenters. The predicted octanol–water partition coefficient (Wildman–Crippen LogP) is 4.91. The Kier molecular flexibility index (Phi) is 7.92. The lowest BCUT2D eigenvalue weighted by molar-refractivity contribution is -0.126. The van der Waals surface area contributed by atoms with Crippen molar-refractivity contribution in [3.63, 3.8) is 0 Å². The summed E-state index contributed by atoms with van der Waals surface area (Å²) in [5.41, 5.74) is 1.01. The molecule has 7 nitrogen and oxygen atoms in total. The summed E-state index contributed by atoms with van der Waals surface area (Å²) < 4.78 is 10.7. The highest BCUT2D eigenvalue weighted by Crippen LogP contribution is 2.32. The lowest BCUT2D eigenvalue weighted by Crippen LogP contribution is -2.45. The molecule has 8 heteroatoms. The number of phenolic OH excluding ortho intramolecular Hbond substituents is 1. The first kappa shape index (κ1) is 24.6. The fourth-order valence-electron chi connectivity index (χ4n) is 4.47. The molecule has 2 aromatic carbocycles. The third-order valence-corrected chi connectivity index (χ3v) is 7.13. The maximum Gasteiger partial charge on any atom is 0.255 e. The van der Waals surface area contributed by atoms with Gasteiger partial charge < -0.3 is 24.8 Å². The molecule has 1 aliphatic rings. The molecule has 1 heterocycles. The molecule has 4 rings (SSSR count). The quantitative estimate of drug-likeness (QED) is 0.441. The van der Waals surface area contributed by atoms with E-state index in [0.717, 1.165) is 30.6 Å². The number of hydrogen-bond acceptors (Lipinski definition) is 6. The molecule has 0 radical (unpaired) electrons. The Morgan fingerprint density at radius 3 is 2.40 bits per heavy atom. The van der Waals surface area contributed by atoms with Gasteiger partial charge in [0.05, 0.1) is 20.8 Å². The number of nitrogens with zero attached hydrogens (tertiary/aromatic N) is 1. The molecule has 2 amide bonds. The van der Waals surface area contributed by atoms with Crippen molar-refractivity contribution in [1.29, 1.82) is 0 Å². The summed E-state index contributed by atoms with van der Waals surface area (Å²) in [7, 11) is 3.06. The molecule has 35 heavy (non-hydrogen) atoms. The molecular weight excluding hydrogens is 464 g/mol. The first-order valence-corrected chi connectivity index (χ1v) is 12.5. The highest BCUT2D eigenvalue weighted by molar-refractivity contribution is 7.09. The minimum Gasteiger partial charge on any atom is -0.508 e. The molecule has 1 aliphatic carbocycles. The first-order valence-electron chi connectivity index (χ1n) is 11.6. The number of aromatic hydroxyl groups is 1. The van der Waals surface area contributed by atoms with Gasteiger partial charge in [-0.3, -0.25) is 9.59 Å². The van der Waals surface area contributed by atoms with Crippen LogP contribution in [0.5, 0.6) is 17.2 Å². The van der Waals surface area contributed by atoms with Gasteiger partial charge in [0.25, 0.3) is 5.91 Å². The molecule has 1 aromatic heterocycles. The van der Waals surface area contributed by atoms with Gasteiger partial charge in [0.15, 0.2) is 11.5 Å². The standard InChI is InChI=1S/C27H30N2O5S/c1-33-23-14-11-19(16-24(23)34-2)27(32)29(17-22-8-5-15-35-22)25(18-9-12-21(30)13-10-18)26(31)28-20-6-3-4-7-20/h5,8-16,20,25,30H,3-4,6-7,17H2,1-2H3,(H,28,31). The number of carbonyl (C=O) groups is 2. The van der Waals surface area contributed by atoms with Crippen LogP contribution in [0.25, 0.3) is 0 Å². The van der Waals surface area contributed by atoms with Crippen LogP contribution in [0.1, 0.15) is 52.5 Å². The van der Waals surface area contributed by atoms with E-state index in [1.54, 1.807) is 35.2 Å². The van der Waals surface area contributed by atoms with Gasteiger partial charge in [-0.1, -0.05) is 31.0 Å². The van der Waals surface area contributed by atoms with E-state index in [1.165, 1.54) is 37.7 Å². The van der Waals surface area contributed by atoms with Crippen LogP contribution in [0.15, 0.2) is 60.0 Å². The fraction of sp³-hybridized carbons (Fsp3) is 0.333. The van der Waals surface area contributed by atoms with Gasteiger partial charge in [-0.2, -0.15) is 0 Å². The van der Waals surface area contributed by atoms with Gasteiger partial charge in [0.2, 0.25) is 5.91 Å². The Morgan fingerprint density at radius 2 is 1.77 bits per heavy atom. The molecule has 0 bridgehead atoms. The summed E-state index contributed by atoms with van der Waals surface area (Å²) in [5, 5.41) is 15.0. The van der Waals surface area contributed by atoms with Crippen LogP contribution in [0.4, 0.5) is 0 Å². The molecule has 184 valence electrons. The predicted molar refractivity (Wildman–Crippen MR) is 135 cm³/mol. The molecule has 0 saturated heterocycles. The number of methoxy groups -OCH3 is 2. The third kappa shape index (κ3) is 5.77. The number of rotatable bonds is 9. The zero-order valence-electron chi connectivity index (χ0n) is 19.9. The Bertz CT molecular complexity index is 1140. The van der Waals surface area contributed by atoms with Gasteiger partial charge >= 0.3 is 0 Å². The molecule has 3 aromatic rings. The van der Waals surface area contributed by atoms with E-state index in [-0.39, 0.29) is 30.2 Å². The van der Waals surface area contributed by atoms with Crippen LogP contribution in [0, 0.1) is 0 Å². The van der Waals surface area contributed by atoms with Crippen molar-refractivity contribution < 1.29 is 24.2 Å². The van der Waals surface area contributed by atoms with Crippen LogP contribution >= 0.6 is 11.3 Å². The number of amides is 2. The zero-order valence-corrected chi connectivity index (χ0v) is 20.7. The lowest BCUT2D eigenvalue weighted by Gasteiger charge is -2.32. The van der Waals surface area contributed by atoms with E-state index in [9.17, 15) is 14.7 Å². The second-order valence-electron chi connectivity index (χ2n) is 8.57. The number of ether oxygens (including phenoxy) is 2. The van der Waals surface area contributed by atoms with E-state index in [4.69, 9.17) is 9.47 Å². The Balaban J connectivity index is 1.75. The topological polar surface area (TPSA) is 88.1 Å². The summed E-state index contributed by atoms with van der Waals surface area (Å²) in [6.07, 6.45) is 4.03. The van der Waals surface area contributed by atoms with E-state index in [1.807, 2.05) is 17.5 Å². The van der Waals surface area contributed by atoms with Crippen LogP contribution < -0.4 is 14.8 Å². The summed E-state index contributed by atoms with van der Waals surface area (Å²) in [4.78, 5) is 30.2. The van der Waals surface area contributed by atoms with Crippen LogP contribution in [-0.4, -0.2) is 42.1 Å². The van der Waals surface area contributed by atoms with Crippen LogP contribution in [0.2, 0.25) is 0 Å². The minimum atomic E-state index is -0.876. The van der Waals surface area contributed by atoms with Crippen molar-refractivity contribution >= 4 is 23.2 Å². The second kappa shape index (κ2) is 11.3. The van der Waals surface area contributed by atoms with E-state index < -0.39 is 6.04 Å². The summed E-state index contributed by atoms with van der Waals surface area (Å²) in [6.45, 7) is 0.258. The van der Waals surface area contributed by atoms with Gasteiger partial charge in [0.1, 0.15) is 11.8 Å². The molecule has 1 saturated carbocycles. The Morgan fingerprint density at radius 1 is 1.06 bits per heavy atom. The van der Waals surface area contributed by atoms with Crippen molar-refractivity contribution in [2.24, 2.45) is 0 Å². The minimum absolute atomic E-state index is 0.0970. The maximum absolute atomic E-state index is 14.0. The summed E-state index contributed by atoms with van der Waals surface area (Å²) >= 11 is 1.53. The highest BCUT2D eigenvalue weighted by Gasteiger charge is 2.34. The normalized spacial score (nSPS) is 14.3. The average Bonchev–Trinajstić information content (AvgIpc) is 3.58. The van der Waals surface area contributed by atoms with Crippen LogP contribution in [0.3, 0.4) is 0 Å². The zero-order chi connectivity index (χ0) is 24.8. The van der Waals surface area contributed by atoms with Gasteiger partial charge in [-0.05, 0) is 60.2 Å². The number of nitrogens with one attached hydrogen (secondary N) is 1. The van der Waals surface area contributed by atoms with E-state index in [0.29, 0.717) is 22.6 Å². The number of thiophene rings is 1. The number of phenols is 1. The largest absolute Gasteiger partial charge is 0.508 e. The number of benzene rings is 2. The maximum atomic E-state index is 14.0. The van der Waals surface area contributed by atoms with Crippen molar-refractivity contribution in [1.82, 2.24) is 10.2 Å². The molecule has 0 spiro atoms. The smallest absolute Gasteiger partial charge is 0.255 e. The Hall–Kier alpha value is -3.52. The van der Waals surface area contributed by atoms with Gasteiger partial charge in [-0.15, -0.1) is 11.3 Å². The molecule has 0 aliphatic heterocycles.